The lowest BCUT2D eigenvalue weighted by molar-refractivity contribution is 0.171. The molecule has 0 saturated heterocycles. The third kappa shape index (κ3) is 2.45. The van der Waals surface area contributed by atoms with Gasteiger partial charge in [-0.15, -0.1) is 0 Å². The summed E-state index contributed by atoms with van der Waals surface area (Å²) in [4.78, 5) is 4.52. The molecule has 1 aliphatic rings. The van der Waals surface area contributed by atoms with E-state index < -0.39 is 16.1 Å². The van der Waals surface area contributed by atoms with Crippen LogP contribution in [0.1, 0.15) is 17.0 Å². The van der Waals surface area contributed by atoms with E-state index >= 15 is 0 Å². The zero-order valence-electron chi connectivity index (χ0n) is 12.6. The maximum atomic E-state index is 12.9. The Balaban J connectivity index is 2.00. The molecule has 0 bridgehead atoms. The molecule has 22 heavy (non-hydrogen) atoms. The Bertz CT molecular complexity index is 781. The smallest absolute Gasteiger partial charge is 0.243 e. The largest absolute Gasteiger partial charge is 0.395 e. The van der Waals surface area contributed by atoms with E-state index in [1.54, 1.807) is 30.6 Å². The Morgan fingerprint density at radius 2 is 2.00 bits per heavy atom. The molecule has 2 aromatic rings. The lowest BCUT2D eigenvalue weighted by Crippen LogP contribution is -2.46. The summed E-state index contributed by atoms with van der Waals surface area (Å²) in [6, 6.07) is 6.29. The first-order chi connectivity index (χ1) is 10.4. The predicted octanol–water partition coefficient (Wildman–Crippen LogP) is 0.836. The van der Waals surface area contributed by atoms with Crippen molar-refractivity contribution in [2.45, 2.75) is 30.8 Å². The number of hydrogen-bond acceptors (Lipinski definition) is 4. The molecule has 0 aliphatic carbocycles. The van der Waals surface area contributed by atoms with Crippen LogP contribution >= 0.6 is 0 Å². The van der Waals surface area contributed by atoms with Crippen LogP contribution in [0.15, 0.2) is 35.5 Å². The van der Waals surface area contributed by atoms with Gasteiger partial charge in [0.25, 0.3) is 0 Å². The zero-order valence-corrected chi connectivity index (χ0v) is 13.4. The number of aromatic nitrogens is 2. The molecule has 1 N–H and O–H groups in total. The highest BCUT2D eigenvalue weighted by molar-refractivity contribution is 7.89. The molecular formula is C15H19N3O3S. The topological polar surface area (TPSA) is 75.4 Å². The van der Waals surface area contributed by atoms with Crippen molar-refractivity contribution in [3.63, 3.8) is 0 Å². The molecule has 1 atom stereocenters. The minimum Gasteiger partial charge on any atom is -0.395 e. The van der Waals surface area contributed by atoms with E-state index in [2.05, 4.69) is 4.98 Å². The van der Waals surface area contributed by atoms with E-state index in [4.69, 9.17) is 0 Å². The van der Waals surface area contributed by atoms with Crippen molar-refractivity contribution in [2.75, 3.05) is 6.61 Å². The van der Waals surface area contributed by atoms with Crippen LogP contribution in [-0.4, -0.2) is 40.0 Å². The van der Waals surface area contributed by atoms with Crippen molar-refractivity contribution >= 4 is 10.0 Å². The van der Waals surface area contributed by atoms with Crippen molar-refractivity contribution in [1.29, 1.82) is 0 Å². The monoisotopic (exact) mass is 321 g/mol. The molecule has 1 aromatic carbocycles. The second kappa shape index (κ2) is 5.49. The van der Waals surface area contributed by atoms with Gasteiger partial charge >= 0.3 is 0 Å². The predicted molar refractivity (Wildman–Crippen MR) is 81.7 cm³/mol. The molecule has 0 radical (unpaired) electrons. The average Bonchev–Trinajstić information content (AvgIpc) is 2.87. The first kappa shape index (κ1) is 15.2. The first-order valence-corrected chi connectivity index (χ1v) is 8.56. The lowest BCUT2D eigenvalue weighted by Gasteiger charge is -2.33. The third-order valence-electron chi connectivity index (χ3n) is 4.13. The van der Waals surface area contributed by atoms with Crippen LogP contribution in [0.4, 0.5) is 0 Å². The zero-order chi connectivity index (χ0) is 15.9. The molecule has 0 spiro atoms. The van der Waals surface area contributed by atoms with E-state index in [0.717, 1.165) is 17.0 Å². The summed E-state index contributed by atoms with van der Waals surface area (Å²) in [5.74, 6) is 0. The Labute approximate surface area is 130 Å². The van der Waals surface area contributed by atoms with Crippen LogP contribution in [0.25, 0.3) is 0 Å². The van der Waals surface area contributed by atoms with E-state index in [1.165, 1.54) is 4.31 Å². The maximum Gasteiger partial charge on any atom is 0.243 e. The number of aliphatic hydroxyl groups excluding tert-OH is 1. The van der Waals surface area contributed by atoms with E-state index in [0.29, 0.717) is 6.42 Å². The molecule has 7 heteroatoms. The minimum absolute atomic E-state index is 0.192. The van der Waals surface area contributed by atoms with E-state index in [1.807, 2.05) is 18.5 Å². The fourth-order valence-corrected chi connectivity index (χ4v) is 4.36. The van der Waals surface area contributed by atoms with Gasteiger partial charge in [-0.2, -0.15) is 4.31 Å². The highest BCUT2D eigenvalue weighted by atomic mass is 32.2. The summed E-state index contributed by atoms with van der Waals surface area (Å²) in [7, 11) is -1.77. The second-order valence-electron chi connectivity index (χ2n) is 5.65. The van der Waals surface area contributed by atoms with Crippen LogP contribution in [0.2, 0.25) is 0 Å². The molecule has 0 fully saturated rings. The lowest BCUT2D eigenvalue weighted by atomic mass is 10.1. The highest BCUT2D eigenvalue weighted by Gasteiger charge is 2.37. The van der Waals surface area contributed by atoms with Gasteiger partial charge in [-0.05, 0) is 19.1 Å². The van der Waals surface area contributed by atoms with Gasteiger partial charge in [0.1, 0.15) is 0 Å². The van der Waals surface area contributed by atoms with Gasteiger partial charge in [0, 0.05) is 19.2 Å². The Morgan fingerprint density at radius 1 is 1.32 bits per heavy atom. The SMILES string of the molecule is Cc1ccc(S(=O)(=O)N2Cc3ncn(C)c3CC2CO)cc1. The third-order valence-corrected chi connectivity index (χ3v) is 6.04. The van der Waals surface area contributed by atoms with Crippen molar-refractivity contribution in [3.05, 3.63) is 47.5 Å². The fraction of sp³-hybridized carbons (Fsp3) is 0.400. The number of fused-ring (bicyclic) bond motifs is 1. The molecule has 1 aliphatic heterocycles. The Morgan fingerprint density at radius 3 is 2.64 bits per heavy atom. The summed E-state index contributed by atoms with van der Waals surface area (Å²) in [5, 5.41) is 9.63. The quantitative estimate of drug-likeness (QED) is 0.909. The van der Waals surface area contributed by atoms with Gasteiger partial charge in [-0.3, -0.25) is 0 Å². The number of hydrogen-bond donors (Lipinski definition) is 1. The summed E-state index contributed by atoms with van der Waals surface area (Å²) in [6.07, 6.45) is 2.15. The summed E-state index contributed by atoms with van der Waals surface area (Å²) in [6.45, 7) is 1.89. The van der Waals surface area contributed by atoms with Crippen LogP contribution in [-0.2, 0) is 30.0 Å². The Kier molecular flexibility index (Phi) is 3.80. The van der Waals surface area contributed by atoms with E-state index in [-0.39, 0.29) is 18.0 Å². The average molecular weight is 321 g/mol. The number of aryl methyl sites for hydroxylation is 2. The summed E-state index contributed by atoms with van der Waals surface area (Å²) >= 11 is 0. The van der Waals surface area contributed by atoms with Gasteiger partial charge in [0.2, 0.25) is 10.0 Å². The molecule has 3 rings (SSSR count). The van der Waals surface area contributed by atoms with Crippen LogP contribution in [0.3, 0.4) is 0 Å². The van der Waals surface area contributed by atoms with Crippen molar-refractivity contribution in [3.8, 4) is 0 Å². The molecule has 1 unspecified atom stereocenters. The molecular weight excluding hydrogens is 302 g/mol. The van der Waals surface area contributed by atoms with Crippen molar-refractivity contribution in [2.24, 2.45) is 7.05 Å². The number of nitrogens with zero attached hydrogens (tertiary/aromatic N) is 3. The molecule has 6 nitrogen and oxygen atoms in total. The number of sulfonamides is 1. The van der Waals surface area contributed by atoms with Gasteiger partial charge in [-0.1, -0.05) is 17.7 Å². The molecule has 2 heterocycles. The fourth-order valence-electron chi connectivity index (χ4n) is 2.78. The number of benzene rings is 1. The molecule has 0 saturated carbocycles. The second-order valence-corrected chi connectivity index (χ2v) is 7.54. The van der Waals surface area contributed by atoms with Crippen LogP contribution in [0, 0.1) is 6.92 Å². The number of imidazole rings is 1. The standard InChI is InChI=1S/C15H19N3O3S/c1-11-3-5-13(6-4-11)22(20,21)18-8-14-15(7-12(18)9-19)17(2)10-16-14/h3-6,10,12,19H,7-9H2,1-2H3. The highest BCUT2D eigenvalue weighted by Crippen LogP contribution is 2.28. The molecule has 0 amide bonds. The molecule has 118 valence electrons. The first-order valence-electron chi connectivity index (χ1n) is 7.12. The van der Waals surface area contributed by atoms with Gasteiger partial charge in [0.05, 0.1) is 36.1 Å². The minimum atomic E-state index is -3.65. The van der Waals surface area contributed by atoms with E-state index in [9.17, 15) is 13.5 Å². The van der Waals surface area contributed by atoms with Crippen LogP contribution in [0.5, 0.6) is 0 Å². The maximum absolute atomic E-state index is 12.9. The normalized spacial score (nSPS) is 19.1. The van der Waals surface area contributed by atoms with Gasteiger partial charge in [0.15, 0.2) is 0 Å². The molecule has 1 aromatic heterocycles. The Hall–Kier alpha value is -1.70. The number of aliphatic hydroxyl groups is 1. The van der Waals surface area contributed by atoms with Gasteiger partial charge in [-0.25, -0.2) is 13.4 Å². The number of rotatable bonds is 3. The van der Waals surface area contributed by atoms with Gasteiger partial charge < -0.3 is 9.67 Å². The summed E-state index contributed by atoms with van der Waals surface area (Å²) < 4.78 is 29.0. The van der Waals surface area contributed by atoms with Crippen molar-refractivity contribution in [1.82, 2.24) is 13.9 Å². The van der Waals surface area contributed by atoms with Crippen molar-refractivity contribution < 1.29 is 13.5 Å². The van der Waals surface area contributed by atoms with Crippen LogP contribution < -0.4 is 0 Å². The summed E-state index contributed by atoms with van der Waals surface area (Å²) in [5.41, 5.74) is 2.74.